The quantitative estimate of drug-likeness (QED) is 0.834. The molecule has 1 saturated heterocycles. The van der Waals surface area contributed by atoms with E-state index in [1.807, 2.05) is 12.1 Å². The van der Waals surface area contributed by atoms with Gasteiger partial charge in [0.05, 0.1) is 5.69 Å². The van der Waals surface area contributed by atoms with Gasteiger partial charge in [0, 0.05) is 32.7 Å². The van der Waals surface area contributed by atoms with E-state index in [1.54, 1.807) is 6.07 Å². The Kier molecular flexibility index (Phi) is 3.39. The minimum absolute atomic E-state index is 0.179. The van der Waals surface area contributed by atoms with Crippen LogP contribution in [0.3, 0.4) is 0 Å². The lowest BCUT2D eigenvalue weighted by Gasteiger charge is -2.36. The molecule has 1 heterocycles. The van der Waals surface area contributed by atoms with E-state index in [0.717, 1.165) is 37.8 Å². The summed E-state index contributed by atoms with van der Waals surface area (Å²) in [7, 11) is 0. The van der Waals surface area contributed by atoms with Crippen LogP contribution in [0.15, 0.2) is 18.2 Å². The molecule has 1 aliphatic heterocycles. The fourth-order valence-corrected chi connectivity index (χ4v) is 2.72. The number of hydrogen-bond donors (Lipinski definition) is 0. The average Bonchev–Trinajstić information content (AvgIpc) is 3.23. The van der Waals surface area contributed by atoms with Gasteiger partial charge >= 0.3 is 0 Å². The number of rotatable bonds is 3. The third kappa shape index (κ3) is 2.71. The molecule has 1 aliphatic carbocycles. The Hall–Kier alpha value is -1.60. The lowest BCUT2D eigenvalue weighted by molar-refractivity contribution is 0.248. The molecule has 0 radical (unpaired) electrons. The second kappa shape index (κ2) is 5.18. The molecule has 0 aromatic heterocycles. The zero-order chi connectivity index (χ0) is 13.2. The number of piperazine rings is 1. The first-order valence-corrected chi connectivity index (χ1v) is 6.94. The minimum Gasteiger partial charge on any atom is -0.368 e. The van der Waals surface area contributed by atoms with Crippen LogP contribution in [-0.2, 0) is 0 Å². The van der Waals surface area contributed by atoms with Crippen LogP contribution in [0.4, 0.5) is 10.1 Å². The monoisotopic (exact) mass is 259 g/mol. The second-order valence-corrected chi connectivity index (χ2v) is 5.48. The van der Waals surface area contributed by atoms with Crippen molar-refractivity contribution in [1.29, 1.82) is 5.26 Å². The molecule has 1 saturated carbocycles. The number of nitrogens with zero attached hydrogens (tertiary/aromatic N) is 3. The normalized spacial score (nSPS) is 20.3. The summed E-state index contributed by atoms with van der Waals surface area (Å²) in [6.45, 7) is 4.99. The van der Waals surface area contributed by atoms with E-state index in [2.05, 4.69) is 9.80 Å². The molecule has 100 valence electrons. The maximum atomic E-state index is 13.6. The fraction of sp³-hybridized carbons (Fsp3) is 0.533. The van der Waals surface area contributed by atoms with E-state index in [0.29, 0.717) is 0 Å². The molecule has 2 aliphatic rings. The molecular weight excluding hydrogens is 241 g/mol. The van der Waals surface area contributed by atoms with Crippen molar-refractivity contribution in [1.82, 2.24) is 4.90 Å². The molecule has 3 rings (SSSR count). The number of anilines is 1. The van der Waals surface area contributed by atoms with Gasteiger partial charge in [0.1, 0.15) is 17.4 Å². The first kappa shape index (κ1) is 12.4. The van der Waals surface area contributed by atoms with Gasteiger partial charge in [-0.1, -0.05) is 6.07 Å². The van der Waals surface area contributed by atoms with Crippen LogP contribution in [0.25, 0.3) is 0 Å². The Labute approximate surface area is 113 Å². The van der Waals surface area contributed by atoms with Crippen molar-refractivity contribution in [3.8, 4) is 6.07 Å². The molecule has 2 fully saturated rings. The summed E-state index contributed by atoms with van der Waals surface area (Å²) in [4.78, 5) is 4.62. The van der Waals surface area contributed by atoms with Crippen LogP contribution in [0, 0.1) is 23.1 Å². The molecule has 0 atom stereocenters. The first-order chi connectivity index (χ1) is 9.28. The van der Waals surface area contributed by atoms with E-state index in [-0.39, 0.29) is 5.56 Å². The molecule has 19 heavy (non-hydrogen) atoms. The summed E-state index contributed by atoms with van der Waals surface area (Å²) in [6, 6.07) is 6.86. The van der Waals surface area contributed by atoms with Gasteiger partial charge in [-0.15, -0.1) is 0 Å². The molecular formula is C15H18FN3. The Morgan fingerprint density at radius 3 is 2.58 bits per heavy atom. The summed E-state index contributed by atoms with van der Waals surface area (Å²) in [5.41, 5.74) is 0.923. The highest BCUT2D eigenvalue weighted by Crippen LogP contribution is 2.30. The van der Waals surface area contributed by atoms with Crippen molar-refractivity contribution in [3.05, 3.63) is 29.6 Å². The number of hydrogen-bond acceptors (Lipinski definition) is 3. The summed E-state index contributed by atoms with van der Waals surface area (Å²) >= 11 is 0. The molecule has 4 heteroatoms. The van der Waals surface area contributed by atoms with Crippen molar-refractivity contribution in [2.45, 2.75) is 12.8 Å². The third-order valence-electron chi connectivity index (χ3n) is 4.03. The Morgan fingerprint density at radius 1 is 1.21 bits per heavy atom. The van der Waals surface area contributed by atoms with Crippen LogP contribution >= 0.6 is 0 Å². The van der Waals surface area contributed by atoms with Crippen LogP contribution in [0.5, 0.6) is 0 Å². The van der Waals surface area contributed by atoms with E-state index < -0.39 is 5.82 Å². The van der Waals surface area contributed by atoms with Crippen molar-refractivity contribution in [3.63, 3.8) is 0 Å². The SMILES string of the molecule is N#Cc1c(F)cccc1N1CCN(CC2CC2)CC1. The molecule has 0 bridgehead atoms. The van der Waals surface area contributed by atoms with Crippen molar-refractivity contribution < 1.29 is 4.39 Å². The van der Waals surface area contributed by atoms with Gasteiger partial charge in [0.15, 0.2) is 0 Å². The van der Waals surface area contributed by atoms with Crippen molar-refractivity contribution >= 4 is 5.69 Å². The summed E-state index contributed by atoms with van der Waals surface area (Å²) in [5.74, 6) is 0.496. The van der Waals surface area contributed by atoms with Gasteiger partial charge in [0.2, 0.25) is 0 Å². The van der Waals surface area contributed by atoms with Gasteiger partial charge < -0.3 is 4.90 Å². The van der Waals surface area contributed by atoms with Crippen molar-refractivity contribution in [2.75, 3.05) is 37.6 Å². The van der Waals surface area contributed by atoms with Gasteiger partial charge in [0.25, 0.3) is 0 Å². The highest BCUT2D eigenvalue weighted by molar-refractivity contribution is 5.60. The van der Waals surface area contributed by atoms with Gasteiger partial charge in [-0.3, -0.25) is 4.90 Å². The zero-order valence-electron chi connectivity index (χ0n) is 11.0. The van der Waals surface area contributed by atoms with Crippen LogP contribution < -0.4 is 4.90 Å². The van der Waals surface area contributed by atoms with Crippen LogP contribution in [0.1, 0.15) is 18.4 Å². The predicted octanol–water partition coefficient (Wildman–Crippen LogP) is 2.23. The Bertz CT molecular complexity index is 497. The minimum atomic E-state index is -0.416. The lowest BCUT2D eigenvalue weighted by Crippen LogP contribution is -2.47. The van der Waals surface area contributed by atoms with Gasteiger partial charge in [-0.25, -0.2) is 4.39 Å². The number of benzene rings is 1. The first-order valence-electron chi connectivity index (χ1n) is 6.94. The summed E-state index contributed by atoms with van der Waals surface area (Å²) in [6.07, 6.45) is 2.76. The Morgan fingerprint density at radius 2 is 1.95 bits per heavy atom. The topological polar surface area (TPSA) is 30.3 Å². The molecule has 0 unspecified atom stereocenters. The highest BCUT2D eigenvalue weighted by Gasteiger charge is 2.27. The summed E-state index contributed by atoms with van der Waals surface area (Å²) in [5, 5.41) is 9.08. The third-order valence-corrected chi connectivity index (χ3v) is 4.03. The van der Waals surface area contributed by atoms with E-state index in [1.165, 1.54) is 25.5 Å². The van der Waals surface area contributed by atoms with Gasteiger partial charge in [-0.2, -0.15) is 5.26 Å². The van der Waals surface area contributed by atoms with Crippen LogP contribution in [0.2, 0.25) is 0 Å². The fourth-order valence-electron chi connectivity index (χ4n) is 2.72. The van der Waals surface area contributed by atoms with Crippen molar-refractivity contribution in [2.24, 2.45) is 5.92 Å². The molecule has 0 spiro atoms. The van der Waals surface area contributed by atoms with E-state index >= 15 is 0 Å². The Balaban J connectivity index is 1.67. The standard InChI is InChI=1S/C15H18FN3/c16-14-2-1-3-15(13(14)10-17)19-8-6-18(7-9-19)11-12-4-5-12/h1-3,12H,4-9,11H2. The lowest BCUT2D eigenvalue weighted by atomic mass is 10.1. The largest absolute Gasteiger partial charge is 0.368 e. The summed E-state index contributed by atoms with van der Waals surface area (Å²) < 4.78 is 13.6. The zero-order valence-corrected chi connectivity index (χ0v) is 11.0. The molecule has 1 aromatic carbocycles. The maximum Gasteiger partial charge on any atom is 0.143 e. The van der Waals surface area contributed by atoms with Crippen LogP contribution in [-0.4, -0.2) is 37.6 Å². The van der Waals surface area contributed by atoms with Gasteiger partial charge in [-0.05, 0) is 30.9 Å². The molecule has 0 N–H and O–H groups in total. The number of nitriles is 1. The molecule has 3 nitrogen and oxygen atoms in total. The van der Waals surface area contributed by atoms with E-state index in [4.69, 9.17) is 5.26 Å². The number of halogens is 1. The molecule has 0 amide bonds. The second-order valence-electron chi connectivity index (χ2n) is 5.48. The predicted molar refractivity (Wildman–Crippen MR) is 72.5 cm³/mol. The smallest absolute Gasteiger partial charge is 0.143 e. The highest BCUT2D eigenvalue weighted by atomic mass is 19.1. The molecule has 1 aromatic rings. The van der Waals surface area contributed by atoms with E-state index in [9.17, 15) is 4.39 Å². The maximum absolute atomic E-state index is 13.6. The average molecular weight is 259 g/mol.